The minimum atomic E-state index is -0.498. The third kappa shape index (κ3) is 4.22. The van der Waals surface area contributed by atoms with Gasteiger partial charge in [-0.1, -0.05) is 0 Å². The van der Waals surface area contributed by atoms with E-state index in [0.717, 1.165) is 21.9 Å². The van der Waals surface area contributed by atoms with Crippen LogP contribution in [0.15, 0.2) is 6.07 Å². The Labute approximate surface area is 139 Å². The molecule has 0 aliphatic carbocycles. The summed E-state index contributed by atoms with van der Waals surface area (Å²) in [7, 11) is 1.51. The van der Waals surface area contributed by atoms with Gasteiger partial charge in [0.15, 0.2) is 0 Å². The van der Waals surface area contributed by atoms with E-state index in [1.807, 2.05) is 19.9 Å². The number of aryl methyl sites for hydroxylation is 2. The summed E-state index contributed by atoms with van der Waals surface area (Å²) >= 11 is 1.52. The van der Waals surface area contributed by atoms with Crippen LogP contribution in [0, 0.1) is 13.8 Å². The largest absolute Gasteiger partial charge is 0.358 e. The molecule has 0 aromatic carbocycles. The highest BCUT2D eigenvalue weighted by molar-refractivity contribution is 7.16. The fourth-order valence-corrected chi connectivity index (χ4v) is 3.40. The molecule has 2 rings (SSSR count). The number of urea groups is 1. The van der Waals surface area contributed by atoms with Crippen LogP contribution in [0.4, 0.5) is 9.80 Å². The second-order valence-corrected chi connectivity index (χ2v) is 6.78. The van der Waals surface area contributed by atoms with Crippen LogP contribution in [0.1, 0.15) is 23.3 Å². The summed E-state index contributed by atoms with van der Waals surface area (Å²) in [6, 6.07) is 1.05. The van der Waals surface area contributed by atoms with E-state index >= 15 is 0 Å². The topological polar surface area (TPSA) is 90.5 Å². The molecule has 8 heteroatoms. The maximum atomic E-state index is 12.4. The molecule has 1 atom stereocenters. The Kier molecular flexibility index (Phi) is 5.59. The van der Waals surface area contributed by atoms with Crippen molar-refractivity contribution in [3.05, 3.63) is 16.5 Å². The summed E-state index contributed by atoms with van der Waals surface area (Å²) in [5, 5.41) is 8.65. The molecule has 1 aromatic rings. The Morgan fingerprint density at radius 2 is 2.09 bits per heavy atom. The van der Waals surface area contributed by atoms with Crippen molar-refractivity contribution < 1.29 is 14.4 Å². The number of carbonyl (C=O) groups excluding carboxylic acids is 3. The molecule has 1 fully saturated rings. The highest BCUT2D eigenvalue weighted by Crippen LogP contribution is 2.27. The third-order valence-electron chi connectivity index (χ3n) is 3.91. The summed E-state index contributed by atoms with van der Waals surface area (Å²) in [6.07, 6.45) is 1.40. The van der Waals surface area contributed by atoms with Crippen molar-refractivity contribution >= 4 is 34.2 Å². The number of hydrogen-bond acceptors (Lipinski definition) is 4. The Morgan fingerprint density at radius 3 is 2.70 bits per heavy atom. The Morgan fingerprint density at radius 1 is 1.35 bits per heavy atom. The van der Waals surface area contributed by atoms with Crippen LogP contribution in [0.2, 0.25) is 0 Å². The maximum Gasteiger partial charge on any atom is 0.318 e. The number of likely N-dealkylation sites (tertiary alicyclic amines) is 1. The molecule has 126 valence electrons. The van der Waals surface area contributed by atoms with E-state index in [9.17, 15) is 14.4 Å². The quantitative estimate of drug-likeness (QED) is 0.771. The van der Waals surface area contributed by atoms with Crippen molar-refractivity contribution in [3.63, 3.8) is 0 Å². The van der Waals surface area contributed by atoms with Crippen molar-refractivity contribution in [1.82, 2.24) is 15.5 Å². The summed E-state index contributed by atoms with van der Waals surface area (Å²) in [4.78, 5) is 38.4. The molecule has 0 radical (unpaired) electrons. The monoisotopic (exact) mass is 338 g/mol. The summed E-state index contributed by atoms with van der Waals surface area (Å²) in [6.45, 7) is 4.42. The van der Waals surface area contributed by atoms with Gasteiger partial charge in [0.25, 0.3) is 0 Å². The van der Waals surface area contributed by atoms with Gasteiger partial charge >= 0.3 is 6.03 Å². The minimum absolute atomic E-state index is 0.0938. The lowest BCUT2D eigenvalue weighted by atomic mass is 10.2. The zero-order valence-corrected chi connectivity index (χ0v) is 14.4. The molecular formula is C15H22N4O3S. The van der Waals surface area contributed by atoms with Crippen molar-refractivity contribution in [2.45, 2.75) is 32.7 Å². The van der Waals surface area contributed by atoms with Crippen molar-refractivity contribution in [1.29, 1.82) is 0 Å². The Balaban J connectivity index is 1.95. The average molecular weight is 338 g/mol. The van der Waals surface area contributed by atoms with E-state index in [2.05, 4.69) is 16.0 Å². The number of amides is 4. The number of nitrogens with one attached hydrogen (secondary N) is 3. The smallest absolute Gasteiger partial charge is 0.318 e. The van der Waals surface area contributed by atoms with Crippen LogP contribution in [0.25, 0.3) is 0 Å². The van der Waals surface area contributed by atoms with Gasteiger partial charge in [-0.25, -0.2) is 4.79 Å². The lowest BCUT2D eigenvalue weighted by Crippen LogP contribution is -2.49. The molecule has 7 nitrogen and oxygen atoms in total. The second kappa shape index (κ2) is 7.45. The van der Waals surface area contributed by atoms with Crippen molar-refractivity contribution in [2.75, 3.05) is 25.5 Å². The van der Waals surface area contributed by atoms with Gasteiger partial charge in [0.2, 0.25) is 11.8 Å². The highest BCUT2D eigenvalue weighted by Gasteiger charge is 2.34. The van der Waals surface area contributed by atoms with E-state index < -0.39 is 6.04 Å². The zero-order valence-electron chi connectivity index (χ0n) is 13.6. The molecule has 4 amide bonds. The molecule has 0 spiro atoms. The van der Waals surface area contributed by atoms with E-state index in [1.165, 1.54) is 23.3 Å². The first-order valence-electron chi connectivity index (χ1n) is 7.55. The molecular weight excluding hydrogens is 316 g/mol. The van der Waals surface area contributed by atoms with Crippen LogP contribution >= 0.6 is 11.3 Å². The van der Waals surface area contributed by atoms with Gasteiger partial charge in [0.05, 0.1) is 11.5 Å². The van der Waals surface area contributed by atoms with E-state index in [-0.39, 0.29) is 24.4 Å². The molecule has 1 aromatic heterocycles. The number of carbonyl (C=O) groups is 3. The number of nitrogens with zero attached hydrogens (tertiary/aromatic N) is 1. The Bertz CT molecular complexity index is 594. The molecule has 1 aliphatic heterocycles. The molecule has 0 saturated carbocycles. The van der Waals surface area contributed by atoms with E-state index in [1.54, 1.807) is 0 Å². The number of rotatable bonds is 4. The number of anilines is 1. The fraction of sp³-hybridized carbons (Fsp3) is 0.533. The molecule has 23 heavy (non-hydrogen) atoms. The van der Waals surface area contributed by atoms with Crippen LogP contribution in [0.3, 0.4) is 0 Å². The molecule has 2 heterocycles. The fourth-order valence-electron chi connectivity index (χ4n) is 2.47. The van der Waals surface area contributed by atoms with Gasteiger partial charge in [-0.3, -0.25) is 9.59 Å². The van der Waals surface area contributed by atoms with Gasteiger partial charge < -0.3 is 20.9 Å². The third-order valence-corrected chi connectivity index (χ3v) is 4.98. The number of thiophene rings is 1. The number of likely N-dealkylation sites (N-methyl/N-ethyl adjacent to an activating group) is 1. The summed E-state index contributed by atoms with van der Waals surface area (Å²) in [5.41, 5.74) is 1.14. The first-order chi connectivity index (χ1) is 10.9. The Hall–Kier alpha value is -2.09. The minimum Gasteiger partial charge on any atom is -0.358 e. The predicted molar refractivity (Wildman–Crippen MR) is 89.6 cm³/mol. The van der Waals surface area contributed by atoms with Crippen molar-refractivity contribution in [3.8, 4) is 0 Å². The molecule has 0 unspecified atom stereocenters. The van der Waals surface area contributed by atoms with Gasteiger partial charge in [-0.2, -0.15) is 0 Å². The first kappa shape index (κ1) is 17.3. The SMILES string of the molecule is CNC(=O)CNC(=O)N1CCC[C@H]1C(=O)Nc1cc(C)c(C)s1. The van der Waals surface area contributed by atoms with Crippen LogP contribution in [-0.4, -0.2) is 48.9 Å². The molecule has 1 aliphatic rings. The van der Waals surface area contributed by atoms with Crippen LogP contribution in [-0.2, 0) is 9.59 Å². The van der Waals surface area contributed by atoms with Gasteiger partial charge in [0, 0.05) is 18.5 Å². The summed E-state index contributed by atoms with van der Waals surface area (Å²) in [5.74, 6) is -0.457. The average Bonchev–Trinajstić information content (AvgIpc) is 3.12. The van der Waals surface area contributed by atoms with Crippen LogP contribution in [0.5, 0.6) is 0 Å². The number of hydrogen-bond donors (Lipinski definition) is 3. The lowest BCUT2D eigenvalue weighted by Gasteiger charge is -2.23. The molecule has 3 N–H and O–H groups in total. The predicted octanol–water partition coefficient (Wildman–Crippen LogP) is 1.22. The molecule has 0 bridgehead atoms. The van der Waals surface area contributed by atoms with Crippen molar-refractivity contribution in [2.24, 2.45) is 0 Å². The maximum absolute atomic E-state index is 12.4. The summed E-state index contributed by atoms with van der Waals surface area (Å²) < 4.78 is 0. The van der Waals surface area contributed by atoms with Gasteiger partial charge in [0.1, 0.15) is 6.04 Å². The molecule has 1 saturated heterocycles. The van der Waals surface area contributed by atoms with Gasteiger partial charge in [-0.05, 0) is 38.3 Å². The first-order valence-corrected chi connectivity index (χ1v) is 8.37. The normalized spacial score (nSPS) is 17.0. The van der Waals surface area contributed by atoms with Gasteiger partial charge in [-0.15, -0.1) is 11.3 Å². The lowest BCUT2D eigenvalue weighted by molar-refractivity contribution is -0.119. The second-order valence-electron chi connectivity index (χ2n) is 5.52. The van der Waals surface area contributed by atoms with E-state index in [4.69, 9.17) is 0 Å². The highest BCUT2D eigenvalue weighted by atomic mass is 32.1. The standard InChI is InChI=1S/C15H22N4O3S/c1-9-7-13(23-10(9)2)18-14(21)11-5-4-6-19(11)15(22)17-8-12(20)16-3/h7,11H,4-6,8H2,1-3H3,(H,16,20)(H,17,22)(H,18,21)/t11-/m0/s1. The van der Waals surface area contributed by atoms with E-state index in [0.29, 0.717) is 13.0 Å². The zero-order chi connectivity index (χ0) is 17.0. The van der Waals surface area contributed by atoms with Crippen LogP contribution < -0.4 is 16.0 Å².